The third-order valence-electron chi connectivity index (χ3n) is 2.46. The van der Waals surface area contributed by atoms with Gasteiger partial charge in [0.15, 0.2) is 0 Å². The minimum atomic E-state index is -1.13. The summed E-state index contributed by atoms with van der Waals surface area (Å²) >= 11 is 0. The van der Waals surface area contributed by atoms with Gasteiger partial charge < -0.3 is 15.1 Å². The predicted molar refractivity (Wildman–Crippen MR) is 53.2 cm³/mol. The van der Waals surface area contributed by atoms with Crippen LogP contribution in [-0.2, 0) is 9.59 Å². The van der Waals surface area contributed by atoms with Crippen LogP contribution in [0.25, 0.3) is 0 Å². The van der Waals surface area contributed by atoms with Crippen LogP contribution >= 0.6 is 0 Å². The Balaban J connectivity index is 2.48. The normalized spacial score (nSPS) is 21.9. The number of carboxylic acids is 1. The van der Waals surface area contributed by atoms with Crippen LogP contribution in [0, 0.1) is 5.92 Å². The summed E-state index contributed by atoms with van der Waals surface area (Å²) in [6.45, 7) is 1.23. The van der Waals surface area contributed by atoms with E-state index in [2.05, 4.69) is 0 Å². The van der Waals surface area contributed by atoms with E-state index in [1.165, 1.54) is 0 Å². The van der Waals surface area contributed by atoms with Crippen molar-refractivity contribution in [3.05, 3.63) is 12.2 Å². The second-order valence-corrected chi connectivity index (χ2v) is 3.65. The van der Waals surface area contributed by atoms with E-state index in [9.17, 15) is 9.59 Å². The van der Waals surface area contributed by atoms with E-state index in [4.69, 9.17) is 10.2 Å². The zero-order valence-electron chi connectivity index (χ0n) is 8.43. The lowest BCUT2D eigenvalue weighted by Gasteiger charge is -2.30. The number of piperidine rings is 1. The number of hydrogen-bond donors (Lipinski definition) is 2. The molecule has 1 saturated heterocycles. The zero-order valence-corrected chi connectivity index (χ0v) is 8.43. The molecule has 1 amide bonds. The second-order valence-electron chi connectivity index (χ2n) is 3.65. The molecule has 1 aliphatic heterocycles. The number of amides is 1. The van der Waals surface area contributed by atoms with Gasteiger partial charge in [0.2, 0.25) is 5.91 Å². The topological polar surface area (TPSA) is 77.8 Å². The van der Waals surface area contributed by atoms with Crippen LogP contribution in [0.3, 0.4) is 0 Å². The number of carboxylic acid groups (broad SMARTS) is 1. The van der Waals surface area contributed by atoms with Crippen LogP contribution in [0.5, 0.6) is 0 Å². The maximum atomic E-state index is 11.5. The average molecular weight is 213 g/mol. The van der Waals surface area contributed by atoms with Crippen molar-refractivity contribution in [3.63, 3.8) is 0 Å². The monoisotopic (exact) mass is 213 g/mol. The molecule has 0 aromatic carbocycles. The van der Waals surface area contributed by atoms with Gasteiger partial charge in [-0.1, -0.05) is 0 Å². The van der Waals surface area contributed by atoms with Gasteiger partial charge in [-0.25, -0.2) is 4.79 Å². The summed E-state index contributed by atoms with van der Waals surface area (Å²) in [6.07, 6.45) is 3.67. The lowest BCUT2D eigenvalue weighted by molar-refractivity contribution is -0.132. The van der Waals surface area contributed by atoms with Crippen molar-refractivity contribution < 1.29 is 19.8 Å². The highest BCUT2D eigenvalue weighted by Gasteiger charge is 2.21. The minimum absolute atomic E-state index is 0.0758. The maximum absolute atomic E-state index is 11.5. The fourth-order valence-corrected chi connectivity index (χ4v) is 1.66. The number of rotatable bonds is 3. The summed E-state index contributed by atoms with van der Waals surface area (Å²) < 4.78 is 0. The predicted octanol–water partition coefficient (Wildman–Crippen LogP) is -0.142. The second kappa shape index (κ2) is 5.50. The molecule has 1 atom stereocenters. The molecule has 1 heterocycles. The molecule has 0 aliphatic carbocycles. The van der Waals surface area contributed by atoms with Crippen molar-refractivity contribution in [3.8, 4) is 0 Å². The molecule has 0 aromatic rings. The van der Waals surface area contributed by atoms with Gasteiger partial charge in [0.05, 0.1) is 0 Å². The largest absolute Gasteiger partial charge is 0.478 e. The van der Waals surface area contributed by atoms with Crippen molar-refractivity contribution in [1.82, 2.24) is 4.90 Å². The van der Waals surface area contributed by atoms with Gasteiger partial charge in [-0.15, -0.1) is 0 Å². The van der Waals surface area contributed by atoms with E-state index < -0.39 is 5.97 Å². The number of likely N-dealkylation sites (tertiary alicyclic amines) is 1. The first-order valence-corrected chi connectivity index (χ1v) is 4.94. The van der Waals surface area contributed by atoms with Crippen LogP contribution in [0.4, 0.5) is 0 Å². The molecule has 0 saturated carbocycles. The first kappa shape index (κ1) is 11.7. The van der Waals surface area contributed by atoms with Crippen LogP contribution in [-0.4, -0.2) is 46.7 Å². The van der Waals surface area contributed by atoms with Crippen LogP contribution in [0.2, 0.25) is 0 Å². The number of aliphatic hydroxyl groups is 1. The summed E-state index contributed by atoms with van der Waals surface area (Å²) in [5.41, 5.74) is 0. The molecule has 84 valence electrons. The first-order valence-electron chi connectivity index (χ1n) is 4.94. The van der Waals surface area contributed by atoms with Gasteiger partial charge in [-0.2, -0.15) is 0 Å². The summed E-state index contributed by atoms with van der Waals surface area (Å²) in [6, 6.07) is 0. The SMILES string of the molecule is O=C(O)/C=C/C(=O)N1CCCC(CO)C1. The third-order valence-corrected chi connectivity index (χ3v) is 2.46. The van der Waals surface area contributed by atoms with Crippen molar-refractivity contribution in [2.75, 3.05) is 19.7 Å². The van der Waals surface area contributed by atoms with Crippen LogP contribution in [0.15, 0.2) is 12.2 Å². The molecule has 1 unspecified atom stereocenters. The lowest BCUT2D eigenvalue weighted by atomic mass is 9.99. The molecule has 0 spiro atoms. The Bertz CT molecular complexity index is 275. The highest BCUT2D eigenvalue weighted by Crippen LogP contribution is 2.15. The fraction of sp³-hybridized carbons (Fsp3) is 0.600. The summed E-state index contributed by atoms with van der Waals surface area (Å²) in [4.78, 5) is 23.2. The molecule has 1 aliphatic rings. The highest BCUT2D eigenvalue weighted by molar-refractivity contribution is 5.93. The van der Waals surface area contributed by atoms with Crippen molar-refractivity contribution in [1.29, 1.82) is 0 Å². The number of hydrogen-bond acceptors (Lipinski definition) is 3. The Kier molecular flexibility index (Phi) is 4.30. The van der Waals surface area contributed by atoms with Gasteiger partial charge in [-0.05, 0) is 18.8 Å². The van der Waals surface area contributed by atoms with E-state index in [-0.39, 0.29) is 18.4 Å². The Morgan fingerprint density at radius 1 is 1.40 bits per heavy atom. The van der Waals surface area contributed by atoms with E-state index >= 15 is 0 Å². The standard InChI is InChI=1S/C10H15NO4/c12-7-8-2-1-5-11(6-8)9(13)3-4-10(14)15/h3-4,8,12H,1-2,5-7H2,(H,14,15)/b4-3+. The van der Waals surface area contributed by atoms with Gasteiger partial charge in [-0.3, -0.25) is 4.79 Å². The zero-order chi connectivity index (χ0) is 11.3. The maximum Gasteiger partial charge on any atom is 0.328 e. The molecule has 0 aromatic heterocycles. The number of carbonyl (C=O) groups excluding carboxylic acids is 1. The Labute approximate surface area is 88.0 Å². The summed E-state index contributed by atoms with van der Waals surface area (Å²) in [5, 5.41) is 17.3. The van der Waals surface area contributed by atoms with E-state index in [1.54, 1.807) is 4.90 Å². The number of aliphatic hydroxyl groups excluding tert-OH is 1. The van der Waals surface area contributed by atoms with Crippen molar-refractivity contribution >= 4 is 11.9 Å². The molecule has 0 bridgehead atoms. The average Bonchev–Trinajstić information content (AvgIpc) is 2.26. The Hall–Kier alpha value is -1.36. The number of carbonyl (C=O) groups is 2. The molecule has 15 heavy (non-hydrogen) atoms. The van der Waals surface area contributed by atoms with Crippen LogP contribution < -0.4 is 0 Å². The lowest BCUT2D eigenvalue weighted by Crippen LogP contribution is -2.40. The summed E-state index contributed by atoms with van der Waals surface area (Å²) in [5.74, 6) is -1.30. The van der Waals surface area contributed by atoms with E-state index in [0.29, 0.717) is 13.1 Å². The molecular formula is C10H15NO4. The smallest absolute Gasteiger partial charge is 0.328 e. The molecule has 5 heteroatoms. The van der Waals surface area contributed by atoms with Gasteiger partial charge in [0.25, 0.3) is 0 Å². The molecule has 2 N–H and O–H groups in total. The van der Waals surface area contributed by atoms with E-state index in [0.717, 1.165) is 25.0 Å². The molecule has 5 nitrogen and oxygen atoms in total. The van der Waals surface area contributed by atoms with Crippen molar-refractivity contribution in [2.24, 2.45) is 5.92 Å². The van der Waals surface area contributed by atoms with Crippen LogP contribution in [0.1, 0.15) is 12.8 Å². The molecule has 0 radical (unpaired) electrons. The summed E-state index contributed by atoms with van der Waals surface area (Å²) in [7, 11) is 0. The highest BCUT2D eigenvalue weighted by atomic mass is 16.4. The van der Waals surface area contributed by atoms with Gasteiger partial charge in [0, 0.05) is 31.8 Å². The Morgan fingerprint density at radius 2 is 2.13 bits per heavy atom. The quantitative estimate of drug-likeness (QED) is 0.639. The minimum Gasteiger partial charge on any atom is -0.478 e. The van der Waals surface area contributed by atoms with E-state index in [1.807, 2.05) is 0 Å². The number of aliphatic carboxylic acids is 1. The molecule has 1 rings (SSSR count). The van der Waals surface area contributed by atoms with Gasteiger partial charge in [0.1, 0.15) is 0 Å². The molecule has 1 fully saturated rings. The Morgan fingerprint density at radius 3 is 2.73 bits per heavy atom. The molecular weight excluding hydrogens is 198 g/mol. The van der Waals surface area contributed by atoms with Gasteiger partial charge >= 0.3 is 5.97 Å². The first-order chi connectivity index (χ1) is 7.13. The van der Waals surface area contributed by atoms with Crippen molar-refractivity contribution in [2.45, 2.75) is 12.8 Å². The fourth-order valence-electron chi connectivity index (χ4n) is 1.66. The third kappa shape index (κ3) is 3.71. The number of nitrogens with zero attached hydrogens (tertiary/aromatic N) is 1.